The van der Waals surface area contributed by atoms with Crippen LogP contribution in [0.15, 0.2) is 30.5 Å². The summed E-state index contributed by atoms with van der Waals surface area (Å²) in [6, 6.07) is 7.81. The van der Waals surface area contributed by atoms with Gasteiger partial charge in [0.05, 0.1) is 13.7 Å². The van der Waals surface area contributed by atoms with E-state index in [0.717, 1.165) is 17.7 Å². The number of ether oxygens (including phenoxy) is 1. The molecule has 0 atom stereocenters. The Balaban J connectivity index is 1.65. The first-order valence-electron chi connectivity index (χ1n) is 7.34. The molecule has 120 valence electrons. The second-order valence-corrected chi connectivity index (χ2v) is 5.33. The molecular formula is C16H18N4O3. The van der Waals surface area contributed by atoms with Gasteiger partial charge >= 0.3 is 0 Å². The molecule has 0 unspecified atom stereocenters. The van der Waals surface area contributed by atoms with Gasteiger partial charge in [0.1, 0.15) is 5.56 Å². The van der Waals surface area contributed by atoms with Crippen LogP contribution in [0.3, 0.4) is 0 Å². The maximum atomic E-state index is 12.4. The van der Waals surface area contributed by atoms with Crippen LogP contribution >= 0.6 is 0 Å². The van der Waals surface area contributed by atoms with Gasteiger partial charge in [0, 0.05) is 25.5 Å². The average molecular weight is 314 g/mol. The van der Waals surface area contributed by atoms with Crippen LogP contribution in [0.25, 0.3) is 0 Å². The summed E-state index contributed by atoms with van der Waals surface area (Å²) in [7, 11) is 3.15. The molecule has 1 aliphatic rings. The molecule has 0 aliphatic carbocycles. The summed E-state index contributed by atoms with van der Waals surface area (Å²) < 4.78 is 6.54. The standard InChI is InChI=1S/C16H18N4O3/c1-19-10-12(16(18-19)23-2)15(22)17-9-14(21)20-8-7-11-5-3-4-6-13(11)20/h3-6,10H,7-9H2,1-2H3,(H,17,22). The Hall–Kier alpha value is -2.83. The van der Waals surface area contributed by atoms with E-state index >= 15 is 0 Å². The highest BCUT2D eigenvalue weighted by atomic mass is 16.5. The predicted molar refractivity (Wildman–Crippen MR) is 84.6 cm³/mol. The number of anilines is 1. The molecule has 23 heavy (non-hydrogen) atoms. The van der Waals surface area contributed by atoms with Crippen LogP contribution in [0, 0.1) is 0 Å². The molecule has 7 heteroatoms. The largest absolute Gasteiger partial charge is 0.479 e. The van der Waals surface area contributed by atoms with Crippen molar-refractivity contribution in [3.8, 4) is 5.88 Å². The monoisotopic (exact) mass is 314 g/mol. The highest BCUT2D eigenvalue weighted by Gasteiger charge is 2.25. The number of nitrogens with one attached hydrogen (secondary N) is 1. The van der Waals surface area contributed by atoms with Gasteiger partial charge < -0.3 is 15.0 Å². The molecule has 1 aliphatic heterocycles. The molecule has 1 aromatic heterocycles. The fourth-order valence-electron chi connectivity index (χ4n) is 2.72. The smallest absolute Gasteiger partial charge is 0.258 e. The number of aryl methyl sites for hydroxylation is 1. The Labute approximate surface area is 133 Å². The van der Waals surface area contributed by atoms with E-state index in [9.17, 15) is 9.59 Å². The van der Waals surface area contributed by atoms with Gasteiger partial charge in [0.2, 0.25) is 11.8 Å². The van der Waals surface area contributed by atoms with Gasteiger partial charge in [-0.25, -0.2) is 0 Å². The molecule has 1 N–H and O–H groups in total. The molecule has 0 saturated heterocycles. The molecule has 2 heterocycles. The normalized spacial score (nSPS) is 12.9. The van der Waals surface area contributed by atoms with Gasteiger partial charge in [-0.3, -0.25) is 14.3 Å². The number of fused-ring (bicyclic) bond motifs is 1. The molecule has 0 bridgehead atoms. The first-order valence-corrected chi connectivity index (χ1v) is 7.34. The van der Waals surface area contributed by atoms with Crippen LogP contribution in [-0.4, -0.2) is 41.8 Å². The summed E-state index contributed by atoms with van der Waals surface area (Å²) in [6.07, 6.45) is 2.40. The lowest BCUT2D eigenvalue weighted by molar-refractivity contribution is -0.117. The van der Waals surface area contributed by atoms with E-state index < -0.39 is 0 Å². The minimum absolute atomic E-state index is 0.0643. The molecule has 0 spiro atoms. The average Bonchev–Trinajstić information content (AvgIpc) is 3.15. The van der Waals surface area contributed by atoms with Crippen LogP contribution in [0.2, 0.25) is 0 Å². The fourth-order valence-corrected chi connectivity index (χ4v) is 2.72. The van der Waals surface area contributed by atoms with Gasteiger partial charge in [0.25, 0.3) is 5.91 Å². The fraction of sp³-hybridized carbons (Fsp3) is 0.312. The van der Waals surface area contributed by atoms with E-state index in [0.29, 0.717) is 12.1 Å². The van der Waals surface area contributed by atoms with Crippen LogP contribution in [0.4, 0.5) is 5.69 Å². The van der Waals surface area contributed by atoms with Gasteiger partial charge in [-0.15, -0.1) is 5.10 Å². The van der Waals surface area contributed by atoms with Crippen molar-refractivity contribution in [1.29, 1.82) is 0 Å². The van der Waals surface area contributed by atoms with E-state index in [2.05, 4.69) is 10.4 Å². The second-order valence-electron chi connectivity index (χ2n) is 5.33. The summed E-state index contributed by atoms with van der Waals surface area (Å²) in [4.78, 5) is 26.3. The van der Waals surface area contributed by atoms with Crippen LogP contribution in [0.5, 0.6) is 5.88 Å². The number of aromatic nitrogens is 2. The zero-order valence-corrected chi connectivity index (χ0v) is 13.1. The second kappa shape index (κ2) is 6.12. The van der Waals surface area contributed by atoms with Crippen molar-refractivity contribution < 1.29 is 14.3 Å². The lowest BCUT2D eigenvalue weighted by Gasteiger charge is -2.17. The van der Waals surface area contributed by atoms with E-state index in [-0.39, 0.29) is 24.2 Å². The Morgan fingerprint density at radius 2 is 2.13 bits per heavy atom. The number of nitrogens with zero attached hydrogens (tertiary/aromatic N) is 3. The molecular weight excluding hydrogens is 296 g/mol. The molecule has 2 aromatic rings. The summed E-state index contributed by atoms with van der Waals surface area (Å²) in [5.41, 5.74) is 2.39. The van der Waals surface area contributed by atoms with Gasteiger partial charge in [-0.1, -0.05) is 18.2 Å². The number of rotatable bonds is 4. The van der Waals surface area contributed by atoms with Gasteiger partial charge in [-0.2, -0.15) is 0 Å². The maximum Gasteiger partial charge on any atom is 0.258 e. The van der Waals surface area contributed by atoms with Crippen molar-refractivity contribution >= 4 is 17.5 Å². The zero-order chi connectivity index (χ0) is 16.4. The third kappa shape index (κ3) is 2.90. The summed E-state index contributed by atoms with van der Waals surface area (Å²) in [5, 5.41) is 6.65. The summed E-state index contributed by atoms with van der Waals surface area (Å²) in [6.45, 7) is 0.579. The van der Waals surface area contributed by atoms with E-state index in [4.69, 9.17) is 4.74 Å². The highest BCUT2D eigenvalue weighted by molar-refractivity contribution is 6.02. The quantitative estimate of drug-likeness (QED) is 0.903. The minimum atomic E-state index is -0.379. The lowest BCUT2D eigenvalue weighted by atomic mass is 10.2. The first kappa shape index (κ1) is 15.1. The van der Waals surface area contributed by atoms with Crippen LogP contribution in [-0.2, 0) is 18.3 Å². The molecule has 0 saturated carbocycles. The topological polar surface area (TPSA) is 76.5 Å². The number of para-hydroxylation sites is 1. The zero-order valence-electron chi connectivity index (χ0n) is 13.1. The third-order valence-electron chi connectivity index (χ3n) is 3.82. The van der Waals surface area contributed by atoms with E-state index in [1.54, 1.807) is 18.1 Å². The number of carbonyl (C=O) groups is 2. The molecule has 3 rings (SSSR count). The van der Waals surface area contributed by atoms with E-state index in [1.807, 2.05) is 24.3 Å². The Kier molecular flexibility index (Phi) is 4.01. The first-order chi connectivity index (χ1) is 11.1. The van der Waals surface area contributed by atoms with Crippen molar-refractivity contribution in [3.05, 3.63) is 41.6 Å². The maximum absolute atomic E-state index is 12.4. The number of carbonyl (C=O) groups excluding carboxylic acids is 2. The molecule has 0 radical (unpaired) electrons. The van der Waals surface area contributed by atoms with Crippen molar-refractivity contribution in [2.24, 2.45) is 7.05 Å². The Morgan fingerprint density at radius 3 is 2.91 bits per heavy atom. The summed E-state index contributed by atoms with van der Waals surface area (Å²) in [5.74, 6) is -0.272. The van der Waals surface area contributed by atoms with Gasteiger partial charge in [-0.05, 0) is 18.1 Å². The van der Waals surface area contributed by atoms with Crippen molar-refractivity contribution in [2.45, 2.75) is 6.42 Å². The minimum Gasteiger partial charge on any atom is -0.479 e. The number of amides is 2. The molecule has 2 amide bonds. The summed E-state index contributed by atoms with van der Waals surface area (Å²) >= 11 is 0. The number of hydrogen-bond donors (Lipinski definition) is 1. The predicted octanol–water partition coefficient (Wildman–Crippen LogP) is 0.748. The number of hydrogen-bond acceptors (Lipinski definition) is 4. The highest BCUT2D eigenvalue weighted by Crippen LogP contribution is 2.27. The third-order valence-corrected chi connectivity index (χ3v) is 3.82. The van der Waals surface area contributed by atoms with Gasteiger partial charge in [0.15, 0.2) is 0 Å². The molecule has 0 fully saturated rings. The van der Waals surface area contributed by atoms with E-state index in [1.165, 1.54) is 11.8 Å². The molecule has 7 nitrogen and oxygen atoms in total. The SMILES string of the molecule is COc1nn(C)cc1C(=O)NCC(=O)N1CCc2ccccc21. The Morgan fingerprint density at radius 1 is 1.35 bits per heavy atom. The lowest BCUT2D eigenvalue weighted by Crippen LogP contribution is -2.39. The van der Waals surface area contributed by atoms with Crippen molar-refractivity contribution in [1.82, 2.24) is 15.1 Å². The van der Waals surface area contributed by atoms with Crippen molar-refractivity contribution in [3.63, 3.8) is 0 Å². The van der Waals surface area contributed by atoms with Crippen molar-refractivity contribution in [2.75, 3.05) is 25.1 Å². The molecule has 1 aromatic carbocycles. The Bertz CT molecular complexity index is 754. The number of methoxy groups -OCH3 is 1. The van der Waals surface area contributed by atoms with Crippen LogP contribution in [0.1, 0.15) is 15.9 Å². The number of benzene rings is 1. The van der Waals surface area contributed by atoms with Crippen LogP contribution < -0.4 is 15.0 Å².